The first-order chi connectivity index (χ1) is 19.2. The van der Waals surface area contributed by atoms with Crippen LogP contribution in [0.3, 0.4) is 0 Å². The number of carbonyl (C=O) groups excluding carboxylic acids is 1. The zero-order chi connectivity index (χ0) is 28.6. The Morgan fingerprint density at radius 2 is 1.57 bits per heavy atom. The summed E-state index contributed by atoms with van der Waals surface area (Å²) < 4.78 is 13.1. The first-order valence-corrected chi connectivity index (χ1v) is 13.6. The van der Waals surface area contributed by atoms with E-state index in [-0.39, 0.29) is 49.5 Å². The van der Waals surface area contributed by atoms with E-state index < -0.39 is 12.3 Å². The Morgan fingerprint density at radius 1 is 0.925 bits per heavy atom. The standard InChI is InChI=1S/C32H38N2O6/c1-21-28(19-34(3)22(2)24-7-5-4-6-8-24)39-32(40-31(21)25-11-9-23(20-35)10-12-25)26-13-15-27(16-14-26)33-29(36)17-18-30(37)38/h4-16,21-22,28,31-32,35H,17-20H2,1-3H3,(H,33,36)(H,37,38)/t21-,22-,28+,31+,32+/m0/s1. The summed E-state index contributed by atoms with van der Waals surface area (Å²) in [5.41, 5.74) is 4.49. The molecule has 1 heterocycles. The van der Waals surface area contributed by atoms with Crippen molar-refractivity contribution in [2.75, 3.05) is 18.9 Å². The molecule has 1 fully saturated rings. The number of carbonyl (C=O) groups is 2. The number of benzene rings is 3. The van der Waals surface area contributed by atoms with Crippen molar-refractivity contribution in [3.63, 3.8) is 0 Å². The summed E-state index contributed by atoms with van der Waals surface area (Å²) >= 11 is 0. The molecule has 3 N–H and O–H groups in total. The molecule has 0 unspecified atom stereocenters. The zero-order valence-corrected chi connectivity index (χ0v) is 23.2. The maximum atomic E-state index is 12.0. The third kappa shape index (κ3) is 7.55. The van der Waals surface area contributed by atoms with Crippen LogP contribution in [0.5, 0.6) is 0 Å². The molecular formula is C32H38N2O6. The van der Waals surface area contributed by atoms with E-state index in [1.165, 1.54) is 5.56 Å². The number of carboxylic acid groups (broad SMARTS) is 1. The van der Waals surface area contributed by atoms with Gasteiger partial charge >= 0.3 is 5.97 Å². The number of nitrogens with zero attached hydrogens (tertiary/aromatic N) is 1. The maximum Gasteiger partial charge on any atom is 0.303 e. The molecule has 0 saturated carbocycles. The van der Waals surface area contributed by atoms with Crippen LogP contribution in [0.25, 0.3) is 0 Å². The molecule has 40 heavy (non-hydrogen) atoms. The predicted molar refractivity (Wildman–Crippen MR) is 152 cm³/mol. The molecule has 0 bridgehead atoms. The van der Waals surface area contributed by atoms with Crippen LogP contribution in [-0.2, 0) is 25.7 Å². The van der Waals surface area contributed by atoms with Gasteiger partial charge in [-0.15, -0.1) is 0 Å². The number of ether oxygens (including phenoxy) is 2. The monoisotopic (exact) mass is 546 g/mol. The predicted octanol–water partition coefficient (Wildman–Crippen LogP) is 5.47. The number of carboxylic acids is 1. The van der Waals surface area contributed by atoms with Crippen LogP contribution in [-0.4, -0.2) is 46.7 Å². The fraction of sp³-hybridized carbons (Fsp3) is 0.375. The molecular weight excluding hydrogens is 508 g/mol. The molecule has 0 aromatic heterocycles. The topological polar surface area (TPSA) is 108 Å². The van der Waals surface area contributed by atoms with Crippen LogP contribution in [0, 0.1) is 5.92 Å². The number of hydrogen-bond donors (Lipinski definition) is 3. The lowest BCUT2D eigenvalue weighted by molar-refractivity contribution is -0.276. The molecule has 5 atom stereocenters. The van der Waals surface area contributed by atoms with Crippen molar-refractivity contribution in [1.82, 2.24) is 4.90 Å². The number of nitrogens with one attached hydrogen (secondary N) is 1. The lowest BCUT2D eigenvalue weighted by atomic mass is 9.89. The molecule has 0 radical (unpaired) electrons. The largest absolute Gasteiger partial charge is 0.481 e. The summed E-state index contributed by atoms with van der Waals surface area (Å²) in [6, 6.07) is 25.6. The van der Waals surface area contributed by atoms with Crippen LogP contribution in [0.15, 0.2) is 78.9 Å². The van der Waals surface area contributed by atoms with Gasteiger partial charge in [-0.2, -0.15) is 0 Å². The fourth-order valence-electron chi connectivity index (χ4n) is 4.92. The van der Waals surface area contributed by atoms with E-state index in [0.29, 0.717) is 12.2 Å². The number of likely N-dealkylation sites (N-methyl/N-ethyl adjacent to an activating group) is 1. The zero-order valence-electron chi connectivity index (χ0n) is 23.2. The molecule has 8 nitrogen and oxygen atoms in total. The number of rotatable bonds is 11. The van der Waals surface area contributed by atoms with Gasteiger partial charge in [0, 0.05) is 36.2 Å². The number of amides is 1. The number of aliphatic carboxylic acids is 1. The third-order valence-electron chi connectivity index (χ3n) is 7.57. The molecule has 0 spiro atoms. The number of aliphatic hydroxyl groups is 1. The number of hydrogen-bond acceptors (Lipinski definition) is 6. The summed E-state index contributed by atoms with van der Waals surface area (Å²) in [6.45, 7) is 5.00. The highest BCUT2D eigenvalue weighted by atomic mass is 16.7. The molecule has 8 heteroatoms. The second kappa shape index (κ2) is 13.7. The highest BCUT2D eigenvalue weighted by molar-refractivity contribution is 5.92. The first kappa shape index (κ1) is 29.4. The average Bonchev–Trinajstić information content (AvgIpc) is 2.97. The van der Waals surface area contributed by atoms with Gasteiger partial charge in [-0.3, -0.25) is 14.5 Å². The van der Waals surface area contributed by atoms with Crippen LogP contribution >= 0.6 is 0 Å². The van der Waals surface area contributed by atoms with Crippen molar-refractivity contribution >= 4 is 17.6 Å². The Kier molecular flexibility index (Phi) is 10.1. The molecule has 4 rings (SSSR count). The van der Waals surface area contributed by atoms with Crippen molar-refractivity contribution in [2.24, 2.45) is 5.92 Å². The maximum absolute atomic E-state index is 12.0. The minimum atomic E-state index is -1.01. The first-order valence-electron chi connectivity index (χ1n) is 13.6. The van der Waals surface area contributed by atoms with Crippen LogP contribution < -0.4 is 5.32 Å². The van der Waals surface area contributed by atoms with E-state index in [4.69, 9.17) is 14.6 Å². The van der Waals surface area contributed by atoms with Crippen molar-refractivity contribution in [3.05, 3.63) is 101 Å². The summed E-state index contributed by atoms with van der Waals surface area (Å²) in [7, 11) is 2.10. The molecule has 3 aromatic carbocycles. The Hall–Kier alpha value is -3.56. The van der Waals surface area contributed by atoms with Gasteiger partial charge in [-0.1, -0.05) is 73.7 Å². The summed E-state index contributed by atoms with van der Waals surface area (Å²) in [6.07, 6.45) is -1.29. The second-order valence-corrected chi connectivity index (χ2v) is 10.4. The minimum absolute atomic E-state index is 0.0168. The Bertz CT molecular complexity index is 1250. The summed E-state index contributed by atoms with van der Waals surface area (Å²) in [5, 5.41) is 21.0. The lowest BCUT2D eigenvalue weighted by Crippen LogP contribution is -2.44. The summed E-state index contributed by atoms with van der Waals surface area (Å²) in [5.74, 6) is -1.31. The molecule has 212 valence electrons. The Balaban J connectivity index is 1.53. The van der Waals surface area contributed by atoms with Gasteiger partial charge in [0.25, 0.3) is 0 Å². The summed E-state index contributed by atoms with van der Waals surface area (Å²) in [4.78, 5) is 25.1. The van der Waals surface area contributed by atoms with Gasteiger partial charge in [0.1, 0.15) is 0 Å². The van der Waals surface area contributed by atoms with E-state index in [1.807, 2.05) is 54.6 Å². The Morgan fingerprint density at radius 3 is 2.20 bits per heavy atom. The normalized spacial score (nSPS) is 21.6. The van der Waals surface area contributed by atoms with Gasteiger partial charge in [-0.05, 0) is 42.8 Å². The Labute approximate surface area is 235 Å². The van der Waals surface area contributed by atoms with E-state index in [0.717, 1.165) is 16.7 Å². The third-order valence-corrected chi connectivity index (χ3v) is 7.57. The van der Waals surface area contributed by atoms with Gasteiger partial charge in [-0.25, -0.2) is 0 Å². The fourth-order valence-corrected chi connectivity index (χ4v) is 4.92. The van der Waals surface area contributed by atoms with E-state index >= 15 is 0 Å². The number of anilines is 1. The van der Waals surface area contributed by atoms with Crippen LogP contribution in [0.4, 0.5) is 5.69 Å². The van der Waals surface area contributed by atoms with Gasteiger partial charge in [0.05, 0.1) is 25.2 Å². The van der Waals surface area contributed by atoms with Gasteiger partial charge < -0.3 is 25.0 Å². The van der Waals surface area contributed by atoms with Crippen molar-refractivity contribution < 1.29 is 29.3 Å². The van der Waals surface area contributed by atoms with Gasteiger partial charge in [0.15, 0.2) is 6.29 Å². The quantitative estimate of drug-likeness (QED) is 0.293. The average molecular weight is 547 g/mol. The van der Waals surface area contributed by atoms with Crippen molar-refractivity contribution in [2.45, 2.75) is 57.8 Å². The van der Waals surface area contributed by atoms with Crippen molar-refractivity contribution in [1.29, 1.82) is 0 Å². The highest BCUT2D eigenvalue weighted by Gasteiger charge is 2.39. The van der Waals surface area contributed by atoms with Crippen LogP contribution in [0.2, 0.25) is 0 Å². The molecule has 1 saturated heterocycles. The van der Waals surface area contributed by atoms with E-state index in [9.17, 15) is 14.7 Å². The molecule has 1 amide bonds. The lowest BCUT2D eigenvalue weighted by Gasteiger charge is -2.43. The molecule has 3 aromatic rings. The molecule has 1 aliphatic rings. The highest BCUT2D eigenvalue weighted by Crippen LogP contribution is 2.42. The number of aliphatic hydroxyl groups excluding tert-OH is 1. The second-order valence-electron chi connectivity index (χ2n) is 10.4. The van der Waals surface area contributed by atoms with Crippen LogP contribution in [0.1, 0.15) is 67.4 Å². The smallest absolute Gasteiger partial charge is 0.303 e. The van der Waals surface area contributed by atoms with E-state index in [1.54, 1.807) is 12.1 Å². The van der Waals surface area contributed by atoms with Gasteiger partial charge in [0.2, 0.25) is 5.91 Å². The van der Waals surface area contributed by atoms with E-state index in [2.05, 4.69) is 43.2 Å². The SMILES string of the molecule is C[C@H]1[C@@H](CN(C)[C@@H](C)c2ccccc2)O[C@@H](c2ccc(NC(=O)CCC(=O)O)cc2)O[C@H]1c1ccc(CO)cc1. The minimum Gasteiger partial charge on any atom is -0.481 e. The molecule has 1 aliphatic heterocycles. The van der Waals surface area contributed by atoms with Crippen molar-refractivity contribution in [3.8, 4) is 0 Å². The molecule has 0 aliphatic carbocycles.